The molecule has 0 aliphatic carbocycles. The highest BCUT2D eigenvalue weighted by Crippen LogP contribution is 2.36. The van der Waals surface area contributed by atoms with E-state index in [1.807, 2.05) is 0 Å². The van der Waals surface area contributed by atoms with Gasteiger partial charge in [0.25, 0.3) is 0 Å². The molecule has 4 rings (SSSR count). The first-order chi connectivity index (χ1) is 14.6. The lowest BCUT2D eigenvalue weighted by Gasteiger charge is -2.27. The molecular formula is C22H23FN4O3. The number of carbonyl (C=O) groups excluding carboxylic acids is 2. The summed E-state index contributed by atoms with van der Waals surface area (Å²) in [6, 6.07) is 8.08. The monoisotopic (exact) mass is 410 g/mol. The van der Waals surface area contributed by atoms with Crippen LogP contribution in [-0.4, -0.2) is 26.8 Å². The van der Waals surface area contributed by atoms with Gasteiger partial charge in [-0.2, -0.15) is 0 Å². The van der Waals surface area contributed by atoms with Crippen LogP contribution < -0.4 is 5.32 Å². The molecule has 2 N–H and O–H groups in total. The maximum atomic E-state index is 14.1. The Hall–Kier alpha value is -3.29. The van der Waals surface area contributed by atoms with Crippen LogP contribution in [0.15, 0.2) is 47.3 Å². The van der Waals surface area contributed by atoms with Crippen LogP contribution >= 0.6 is 0 Å². The molecule has 2 aromatic heterocycles. The van der Waals surface area contributed by atoms with Crippen LogP contribution in [0.2, 0.25) is 0 Å². The Kier molecular flexibility index (Phi) is 5.74. The number of Topliss-reactive ketones (excluding diaryl/α,β-unsaturated/α-hetero) is 1. The highest BCUT2D eigenvalue weighted by atomic mass is 19.1. The minimum absolute atomic E-state index is 0.0138. The Morgan fingerprint density at radius 2 is 2.07 bits per heavy atom. The third-order valence-corrected chi connectivity index (χ3v) is 5.58. The van der Waals surface area contributed by atoms with E-state index in [1.165, 1.54) is 12.3 Å². The normalized spacial score (nSPS) is 18.5. The van der Waals surface area contributed by atoms with Crippen molar-refractivity contribution in [2.24, 2.45) is 0 Å². The van der Waals surface area contributed by atoms with Gasteiger partial charge in [0, 0.05) is 24.5 Å². The highest BCUT2D eigenvalue weighted by molar-refractivity contribution is 5.93. The van der Waals surface area contributed by atoms with E-state index < -0.39 is 5.54 Å². The van der Waals surface area contributed by atoms with Crippen LogP contribution in [0.1, 0.15) is 61.3 Å². The van der Waals surface area contributed by atoms with Gasteiger partial charge in [0.1, 0.15) is 23.6 Å². The number of aromatic amines is 1. The number of unbranched alkanes of at least 4 members (excludes halogenated alkanes) is 2. The SMILES string of the molecule is O=C1CC[C@@](CCCCCC(=O)c2ccon2)(c2ncc(-c3ccccc3F)[nH]2)N1. The summed E-state index contributed by atoms with van der Waals surface area (Å²) < 4.78 is 18.8. The lowest BCUT2D eigenvalue weighted by Crippen LogP contribution is -2.39. The summed E-state index contributed by atoms with van der Waals surface area (Å²) in [5.41, 5.74) is 0.797. The minimum Gasteiger partial charge on any atom is -0.364 e. The van der Waals surface area contributed by atoms with Crippen molar-refractivity contribution in [3.8, 4) is 11.3 Å². The summed E-state index contributed by atoms with van der Waals surface area (Å²) in [5, 5.41) is 6.73. The quantitative estimate of drug-likeness (QED) is 0.408. The van der Waals surface area contributed by atoms with Crippen molar-refractivity contribution < 1.29 is 18.5 Å². The number of rotatable bonds is 9. The van der Waals surface area contributed by atoms with E-state index in [0.717, 1.165) is 19.3 Å². The van der Waals surface area contributed by atoms with Crippen LogP contribution in [-0.2, 0) is 10.3 Å². The second-order valence-corrected chi connectivity index (χ2v) is 7.62. The van der Waals surface area contributed by atoms with Gasteiger partial charge in [0.05, 0.1) is 17.4 Å². The van der Waals surface area contributed by atoms with E-state index in [4.69, 9.17) is 4.52 Å². The van der Waals surface area contributed by atoms with Gasteiger partial charge in [-0.05, 0) is 31.4 Å². The molecule has 1 aromatic carbocycles. The van der Waals surface area contributed by atoms with Crippen LogP contribution in [0.3, 0.4) is 0 Å². The number of aromatic nitrogens is 3. The third-order valence-electron chi connectivity index (χ3n) is 5.58. The first kappa shape index (κ1) is 20.0. The fourth-order valence-corrected chi connectivity index (χ4v) is 3.96. The molecule has 1 amide bonds. The van der Waals surface area contributed by atoms with Crippen LogP contribution in [0.25, 0.3) is 11.3 Å². The number of halogens is 1. The number of nitrogens with zero attached hydrogens (tertiary/aromatic N) is 2. The Balaban J connectivity index is 1.39. The molecule has 1 saturated heterocycles. The molecule has 1 fully saturated rings. The second kappa shape index (κ2) is 8.61. The van der Waals surface area contributed by atoms with Gasteiger partial charge in [-0.25, -0.2) is 9.37 Å². The standard InChI is InChI=1S/C22H23FN4O3/c23-16-7-4-3-6-15(16)18-14-24-21(25-18)22(12-9-20(29)26-22)11-5-1-2-8-19(28)17-10-13-30-27-17/h3-4,6-7,10,13-14H,1-2,5,8-9,11-12H2,(H,24,25)(H,26,29)/t22-/m0/s1. The number of ketones is 1. The molecule has 7 nitrogen and oxygen atoms in total. The predicted octanol–water partition coefficient (Wildman–Crippen LogP) is 4.14. The van der Waals surface area contributed by atoms with Crippen LogP contribution in [0, 0.1) is 5.82 Å². The number of amides is 1. The molecule has 1 aliphatic rings. The number of hydrogen-bond donors (Lipinski definition) is 2. The van der Waals surface area contributed by atoms with Crippen LogP contribution in [0.5, 0.6) is 0 Å². The average molecular weight is 410 g/mol. The van der Waals surface area contributed by atoms with Crippen molar-refractivity contribution in [1.82, 2.24) is 20.4 Å². The highest BCUT2D eigenvalue weighted by Gasteiger charge is 2.41. The molecule has 0 saturated carbocycles. The Morgan fingerprint density at radius 3 is 2.80 bits per heavy atom. The van der Waals surface area contributed by atoms with Crippen molar-refractivity contribution in [2.75, 3.05) is 0 Å². The van der Waals surface area contributed by atoms with Gasteiger partial charge >= 0.3 is 0 Å². The van der Waals surface area contributed by atoms with Gasteiger partial charge in [0.15, 0.2) is 5.78 Å². The maximum absolute atomic E-state index is 14.1. The fraction of sp³-hybridized carbons (Fsp3) is 0.364. The van der Waals surface area contributed by atoms with Gasteiger partial charge in [0.2, 0.25) is 5.91 Å². The average Bonchev–Trinajstić information content (AvgIpc) is 3.49. The van der Waals surface area contributed by atoms with Gasteiger partial charge in [-0.1, -0.05) is 30.1 Å². The van der Waals surface area contributed by atoms with E-state index in [1.54, 1.807) is 30.5 Å². The maximum Gasteiger partial charge on any atom is 0.220 e. The van der Waals surface area contributed by atoms with Gasteiger partial charge in [-0.3, -0.25) is 9.59 Å². The summed E-state index contributed by atoms with van der Waals surface area (Å²) in [4.78, 5) is 31.7. The molecule has 0 bridgehead atoms. The lowest BCUT2D eigenvalue weighted by molar-refractivity contribution is -0.120. The minimum atomic E-state index is -0.587. The van der Waals surface area contributed by atoms with Crippen molar-refractivity contribution >= 4 is 11.7 Å². The lowest BCUT2D eigenvalue weighted by atomic mass is 9.89. The summed E-state index contributed by atoms with van der Waals surface area (Å²) in [6.45, 7) is 0. The topological polar surface area (TPSA) is 101 Å². The first-order valence-corrected chi connectivity index (χ1v) is 10.1. The smallest absolute Gasteiger partial charge is 0.220 e. The molecule has 0 spiro atoms. The number of hydrogen-bond acceptors (Lipinski definition) is 5. The first-order valence-electron chi connectivity index (χ1n) is 10.1. The Bertz CT molecular complexity index is 1030. The molecule has 156 valence electrons. The molecule has 0 radical (unpaired) electrons. The summed E-state index contributed by atoms with van der Waals surface area (Å²) in [6.07, 6.45) is 7.55. The van der Waals surface area contributed by atoms with Crippen molar-refractivity contribution in [1.29, 1.82) is 0 Å². The molecule has 1 aliphatic heterocycles. The molecular weight excluding hydrogens is 387 g/mol. The molecule has 1 atom stereocenters. The molecule has 8 heteroatoms. The van der Waals surface area contributed by atoms with Crippen molar-refractivity contribution in [3.63, 3.8) is 0 Å². The molecule has 3 heterocycles. The van der Waals surface area contributed by atoms with E-state index in [2.05, 4.69) is 20.4 Å². The van der Waals surface area contributed by atoms with E-state index in [-0.39, 0.29) is 17.5 Å². The van der Waals surface area contributed by atoms with E-state index in [0.29, 0.717) is 48.5 Å². The predicted molar refractivity (Wildman–Crippen MR) is 107 cm³/mol. The second-order valence-electron chi connectivity index (χ2n) is 7.62. The number of carbonyl (C=O) groups is 2. The molecule has 30 heavy (non-hydrogen) atoms. The number of nitrogens with one attached hydrogen (secondary N) is 2. The molecule has 3 aromatic rings. The number of H-pyrrole nitrogens is 1. The van der Waals surface area contributed by atoms with Crippen molar-refractivity contribution in [2.45, 2.75) is 50.5 Å². The van der Waals surface area contributed by atoms with Gasteiger partial charge in [-0.15, -0.1) is 0 Å². The van der Waals surface area contributed by atoms with Crippen LogP contribution in [0.4, 0.5) is 4.39 Å². The van der Waals surface area contributed by atoms with E-state index >= 15 is 0 Å². The summed E-state index contributed by atoms with van der Waals surface area (Å²) in [7, 11) is 0. The largest absolute Gasteiger partial charge is 0.364 e. The van der Waals surface area contributed by atoms with Crippen molar-refractivity contribution in [3.05, 3.63) is 60.1 Å². The zero-order chi connectivity index (χ0) is 21.0. The fourth-order valence-electron chi connectivity index (χ4n) is 3.96. The zero-order valence-electron chi connectivity index (χ0n) is 16.5. The van der Waals surface area contributed by atoms with Gasteiger partial charge < -0.3 is 14.8 Å². The summed E-state index contributed by atoms with van der Waals surface area (Å²) >= 11 is 0. The zero-order valence-corrected chi connectivity index (χ0v) is 16.5. The Labute approximate surface area is 173 Å². The molecule has 0 unspecified atom stereocenters. The van der Waals surface area contributed by atoms with E-state index in [9.17, 15) is 14.0 Å². The number of imidazole rings is 1. The summed E-state index contributed by atoms with van der Waals surface area (Å²) in [5.74, 6) is 0.271. The number of benzene rings is 1. The Morgan fingerprint density at radius 1 is 1.20 bits per heavy atom. The third kappa shape index (κ3) is 4.17.